The third-order valence-electron chi connectivity index (χ3n) is 2.86. The minimum Gasteiger partial charge on any atom is -0.367 e. The molecule has 0 unspecified atom stereocenters. The molecule has 1 saturated carbocycles. The Morgan fingerprint density at radius 3 is 2.93 bits per heavy atom. The summed E-state index contributed by atoms with van der Waals surface area (Å²) in [6.07, 6.45) is 5.69. The molecule has 3 nitrogen and oxygen atoms in total. The van der Waals surface area contributed by atoms with E-state index in [2.05, 4.69) is 22.2 Å². The summed E-state index contributed by atoms with van der Waals surface area (Å²) in [7, 11) is 0. The predicted octanol–water partition coefficient (Wildman–Crippen LogP) is 2.73. The van der Waals surface area contributed by atoms with Crippen molar-refractivity contribution in [2.24, 2.45) is 5.92 Å². The van der Waals surface area contributed by atoms with Crippen LogP contribution in [0.4, 0.5) is 5.82 Å². The quantitative estimate of drug-likeness (QED) is 0.782. The molecule has 2 rings (SSSR count). The van der Waals surface area contributed by atoms with E-state index in [1.54, 1.807) is 6.20 Å². The molecule has 0 aliphatic heterocycles. The van der Waals surface area contributed by atoms with E-state index in [4.69, 9.17) is 11.6 Å². The molecule has 0 amide bonds. The normalized spacial score (nSPS) is 18.7. The fourth-order valence-corrected chi connectivity index (χ4v) is 1.85. The molecule has 14 heavy (non-hydrogen) atoms. The average Bonchev–Trinajstić information content (AvgIpc) is 1.99. The number of halogens is 1. The van der Waals surface area contributed by atoms with Crippen molar-refractivity contribution >= 4 is 17.4 Å². The van der Waals surface area contributed by atoms with Crippen molar-refractivity contribution in [1.29, 1.82) is 0 Å². The lowest BCUT2D eigenvalue weighted by Crippen LogP contribution is -2.31. The molecule has 0 radical (unpaired) electrons. The summed E-state index contributed by atoms with van der Waals surface area (Å²) in [5.74, 6) is 1.62. The van der Waals surface area contributed by atoms with Gasteiger partial charge in [0.25, 0.3) is 0 Å². The number of anilines is 1. The summed E-state index contributed by atoms with van der Waals surface area (Å²) >= 11 is 5.69. The van der Waals surface area contributed by atoms with Gasteiger partial charge < -0.3 is 5.32 Å². The molecule has 4 heteroatoms. The third kappa shape index (κ3) is 2.15. The summed E-state index contributed by atoms with van der Waals surface area (Å²) in [6.45, 7) is 2.19. The molecule has 1 aromatic rings. The van der Waals surface area contributed by atoms with E-state index in [1.165, 1.54) is 19.3 Å². The van der Waals surface area contributed by atoms with Gasteiger partial charge in [-0.15, -0.1) is 0 Å². The van der Waals surface area contributed by atoms with Gasteiger partial charge in [-0.1, -0.05) is 6.42 Å². The zero-order valence-corrected chi connectivity index (χ0v) is 8.96. The lowest BCUT2D eigenvalue weighted by atomic mass is 9.80. The van der Waals surface area contributed by atoms with Crippen molar-refractivity contribution < 1.29 is 0 Å². The molecule has 1 aliphatic carbocycles. The fourth-order valence-electron chi connectivity index (χ4n) is 1.71. The molecular formula is C10H14ClN3. The van der Waals surface area contributed by atoms with E-state index >= 15 is 0 Å². The molecule has 1 atom stereocenters. The Hall–Kier alpha value is -0.830. The van der Waals surface area contributed by atoms with Crippen LogP contribution in [-0.2, 0) is 0 Å². The van der Waals surface area contributed by atoms with E-state index in [0.717, 1.165) is 11.7 Å². The van der Waals surface area contributed by atoms with Gasteiger partial charge in [-0.05, 0) is 43.4 Å². The van der Waals surface area contributed by atoms with E-state index in [0.29, 0.717) is 11.3 Å². The van der Waals surface area contributed by atoms with Crippen LogP contribution in [0.2, 0.25) is 5.28 Å². The van der Waals surface area contributed by atoms with E-state index < -0.39 is 0 Å². The Labute approximate surface area is 88.9 Å². The molecular weight excluding hydrogens is 198 g/mol. The average molecular weight is 212 g/mol. The Kier molecular flexibility index (Phi) is 2.87. The lowest BCUT2D eigenvalue weighted by Gasteiger charge is -2.32. The van der Waals surface area contributed by atoms with E-state index in [1.807, 2.05) is 6.07 Å². The highest BCUT2D eigenvalue weighted by atomic mass is 35.5. The summed E-state index contributed by atoms with van der Waals surface area (Å²) in [4.78, 5) is 7.94. The number of nitrogens with one attached hydrogen (secondary N) is 1. The molecule has 76 valence electrons. The van der Waals surface area contributed by atoms with Gasteiger partial charge in [-0.3, -0.25) is 0 Å². The molecule has 1 fully saturated rings. The van der Waals surface area contributed by atoms with E-state index in [-0.39, 0.29) is 0 Å². The highest BCUT2D eigenvalue weighted by Gasteiger charge is 2.23. The second-order valence-corrected chi connectivity index (χ2v) is 4.17. The van der Waals surface area contributed by atoms with Gasteiger partial charge in [0.15, 0.2) is 0 Å². The van der Waals surface area contributed by atoms with Crippen molar-refractivity contribution in [2.75, 3.05) is 5.32 Å². The van der Waals surface area contributed by atoms with Gasteiger partial charge in [0.1, 0.15) is 5.82 Å². The number of hydrogen-bond donors (Lipinski definition) is 1. The summed E-state index contributed by atoms with van der Waals surface area (Å²) in [5, 5.41) is 3.65. The van der Waals surface area contributed by atoms with Crippen LogP contribution in [0.1, 0.15) is 26.2 Å². The molecule has 1 aliphatic rings. The van der Waals surface area contributed by atoms with Crippen molar-refractivity contribution in [2.45, 2.75) is 32.2 Å². The number of rotatable bonds is 3. The number of hydrogen-bond acceptors (Lipinski definition) is 3. The van der Waals surface area contributed by atoms with Crippen molar-refractivity contribution in [1.82, 2.24) is 9.97 Å². The molecule has 0 bridgehead atoms. The Morgan fingerprint density at radius 1 is 1.57 bits per heavy atom. The van der Waals surface area contributed by atoms with Crippen LogP contribution >= 0.6 is 11.6 Å². The van der Waals surface area contributed by atoms with Gasteiger partial charge >= 0.3 is 0 Å². The lowest BCUT2D eigenvalue weighted by molar-refractivity contribution is 0.285. The van der Waals surface area contributed by atoms with Crippen LogP contribution in [0.3, 0.4) is 0 Å². The zero-order valence-electron chi connectivity index (χ0n) is 8.20. The smallest absolute Gasteiger partial charge is 0.224 e. The SMILES string of the molecule is C[C@H](Nc1ccnc(Cl)n1)C1CCC1. The number of aromatic nitrogens is 2. The van der Waals surface area contributed by atoms with Gasteiger partial charge in [-0.25, -0.2) is 9.97 Å². The topological polar surface area (TPSA) is 37.8 Å². The largest absolute Gasteiger partial charge is 0.367 e. The Bertz CT molecular complexity index is 312. The minimum absolute atomic E-state index is 0.302. The highest BCUT2D eigenvalue weighted by molar-refractivity contribution is 6.28. The highest BCUT2D eigenvalue weighted by Crippen LogP contribution is 2.30. The third-order valence-corrected chi connectivity index (χ3v) is 3.04. The molecule has 1 heterocycles. The first-order valence-corrected chi connectivity index (χ1v) is 5.38. The van der Waals surface area contributed by atoms with Gasteiger partial charge in [0, 0.05) is 12.2 Å². The van der Waals surface area contributed by atoms with Crippen LogP contribution in [0.5, 0.6) is 0 Å². The standard InChI is InChI=1S/C10H14ClN3/c1-7(8-3-2-4-8)13-9-5-6-12-10(11)14-9/h5-8H,2-4H2,1H3,(H,12,13,14)/t7-/m0/s1. The van der Waals surface area contributed by atoms with Crippen LogP contribution in [0.15, 0.2) is 12.3 Å². The second-order valence-electron chi connectivity index (χ2n) is 3.83. The summed E-state index contributed by atoms with van der Waals surface area (Å²) in [6, 6.07) is 2.33. The summed E-state index contributed by atoms with van der Waals surface area (Å²) < 4.78 is 0. The molecule has 1 aromatic heterocycles. The maximum Gasteiger partial charge on any atom is 0.224 e. The molecule has 1 N–H and O–H groups in total. The fraction of sp³-hybridized carbons (Fsp3) is 0.600. The van der Waals surface area contributed by atoms with Crippen LogP contribution < -0.4 is 5.32 Å². The molecule has 0 aromatic carbocycles. The zero-order chi connectivity index (χ0) is 9.97. The maximum absolute atomic E-state index is 5.69. The number of nitrogens with zero attached hydrogens (tertiary/aromatic N) is 2. The van der Waals surface area contributed by atoms with Crippen LogP contribution in [0, 0.1) is 5.92 Å². The monoisotopic (exact) mass is 211 g/mol. The first-order chi connectivity index (χ1) is 6.75. The van der Waals surface area contributed by atoms with Crippen molar-refractivity contribution in [3.05, 3.63) is 17.5 Å². The Morgan fingerprint density at radius 2 is 2.36 bits per heavy atom. The Balaban J connectivity index is 1.95. The van der Waals surface area contributed by atoms with E-state index in [9.17, 15) is 0 Å². The summed E-state index contributed by atoms with van der Waals surface area (Å²) in [5.41, 5.74) is 0. The van der Waals surface area contributed by atoms with Crippen LogP contribution in [-0.4, -0.2) is 16.0 Å². The molecule has 0 saturated heterocycles. The van der Waals surface area contributed by atoms with Gasteiger partial charge in [-0.2, -0.15) is 0 Å². The van der Waals surface area contributed by atoms with Gasteiger partial charge in [0.2, 0.25) is 5.28 Å². The maximum atomic E-state index is 5.69. The van der Waals surface area contributed by atoms with Crippen LogP contribution in [0.25, 0.3) is 0 Å². The van der Waals surface area contributed by atoms with Gasteiger partial charge in [0.05, 0.1) is 0 Å². The van der Waals surface area contributed by atoms with Crippen molar-refractivity contribution in [3.63, 3.8) is 0 Å². The first kappa shape index (κ1) is 9.71. The first-order valence-electron chi connectivity index (χ1n) is 5.01. The minimum atomic E-state index is 0.302. The molecule has 0 spiro atoms. The second kappa shape index (κ2) is 4.13. The van der Waals surface area contributed by atoms with Crippen molar-refractivity contribution in [3.8, 4) is 0 Å². The predicted molar refractivity (Wildman–Crippen MR) is 57.5 cm³/mol.